The van der Waals surface area contributed by atoms with Crippen LogP contribution in [0.5, 0.6) is 0 Å². The molecule has 3 fully saturated rings. The highest BCUT2D eigenvalue weighted by molar-refractivity contribution is 7.91. The number of aryl methyl sites for hydroxylation is 2. The standard InChI is InChI=1S/C29H32F2N6O4S.C25H25F2N5O3S/c1-16-20(15-32-36(16)2)18-9-10-21(24(12-18)42(3,39)40)34-22-13-19(14-23(38)17-7-8-17)33-28-26(22)35-29(27(30)31)37(28)25-6-4-5-11-41-25;1-13-17(12-28-32(13)2)15-6-7-18(23(8-15)36(3,34)35)30-19-9-16(10-22(33)14-4-5-14)29-20-11-21(25(26)27)31-24(19)20/h9-10,12-13,15,17,25,27H,4-8,11,14H2,1-3H3,(H,33,34);6-9,12,14,25H,4-5,10-11H2,1-3H3,(H,29,30). The molecule has 78 heavy (non-hydrogen) atoms. The molecule has 7 heterocycles. The van der Waals surface area contributed by atoms with Gasteiger partial charge in [-0.3, -0.25) is 28.5 Å². The lowest BCUT2D eigenvalue weighted by Gasteiger charge is -2.25. The average Bonchev–Trinajstić information content (AvgIpc) is 4.36. The van der Waals surface area contributed by atoms with Gasteiger partial charge < -0.3 is 15.4 Å². The summed E-state index contributed by atoms with van der Waals surface area (Å²) in [4.78, 5) is 42.7. The van der Waals surface area contributed by atoms with E-state index in [0.717, 1.165) is 73.6 Å². The smallest absolute Gasteiger partial charge is 0.295 e. The maximum absolute atomic E-state index is 14.3. The molecule has 2 N–H and O–H groups in total. The number of anilines is 4. The summed E-state index contributed by atoms with van der Waals surface area (Å²) in [5.74, 6) is -0.361. The maximum Gasteiger partial charge on any atom is 0.295 e. The van der Waals surface area contributed by atoms with Crippen LogP contribution in [0.15, 0.2) is 75.7 Å². The van der Waals surface area contributed by atoms with Crippen LogP contribution in [0.1, 0.15) is 91.9 Å². The van der Waals surface area contributed by atoms with E-state index in [0.29, 0.717) is 46.9 Å². The molecule has 0 bridgehead atoms. The van der Waals surface area contributed by atoms with Crippen molar-refractivity contribution in [2.24, 2.45) is 30.9 Å². The van der Waals surface area contributed by atoms with Gasteiger partial charge in [0.15, 0.2) is 31.1 Å². The SMILES string of the molecule is Cc1c(-c2ccc(Nc3cc(CC(=O)C4CC4)nc4c3N=C(C(F)F)C4)c(S(C)(=O)=O)c2)cnn1C.Cc1c(-c2ccc(Nc3cc(CC(=O)C4CC4)nc4c3nc(C(F)F)n4C3CCCCO3)c(S(C)(=O)=O)c2)cnn1C. The molecule has 2 aliphatic heterocycles. The zero-order valence-electron chi connectivity index (χ0n) is 43.6. The molecular formula is C54H57F4N11O7S2. The number of halogens is 4. The third-order valence-electron chi connectivity index (χ3n) is 14.5. The number of alkyl halides is 4. The third-order valence-corrected chi connectivity index (χ3v) is 16.8. The number of ether oxygens (including phenoxy) is 1. The number of benzene rings is 2. The Kier molecular flexibility index (Phi) is 14.7. The van der Waals surface area contributed by atoms with Crippen molar-refractivity contribution in [3.05, 3.63) is 95.2 Å². The van der Waals surface area contributed by atoms with Crippen molar-refractivity contribution in [1.82, 2.24) is 39.1 Å². The van der Waals surface area contributed by atoms with E-state index in [2.05, 4.69) is 40.8 Å². The number of rotatable bonds is 17. The monoisotopic (exact) mass is 1110 g/mol. The second-order valence-electron chi connectivity index (χ2n) is 20.4. The van der Waals surface area contributed by atoms with Crippen molar-refractivity contribution in [1.29, 1.82) is 0 Å². The number of fused-ring (bicyclic) bond motifs is 2. The highest BCUT2D eigenvalue weighted by Gasteiger charge is 2.34. The van der Waals surface area contributed by atoms with Gasteiger partial charge in [0, 0.05) is 86.8 Å². The summed E-state index contributed by atoms with van der Waals surface area (Å²) in [6.07, 6.45) is 4.79. The van der Waals surface area contributed by atoms with Gasteiger partial charge in [-0.25, -0.2) is 49.4 Å². The first kappa shape index (κ1) is 54.2. The summed E-state index contributed by atoms with van der Waals surface area (Å²) >= 11 is 0. The van der Waals surface area contributed by atoms with E-state index in [4.69, 9.17) is 4.74 Å². The molecule has 1 atom stereocenters. The normalized spacial score (nSPS) is 16.6. The van der Waals surface area contributed by atoms with Crippen molar-refractivity contribution in [3.63, 3.8) is 0 Å². The summed E-state index contributed by atoms with van der Waals surface area (Å²) in [6, 6.07) is 13.1. The number of aliphatic imine (C=N–C) groups is 1. The largest absolute Gasteiger partial charge is 0.358 e. The number of carbonyl (C=O) groups excluding carboxylic acids is 2. The number of pyridine rings is 2. The Morgan fingerprint density at radius 3 is 1.67 bits per heavy atom. The van der Waals surface area contributed by atoms with Crippen LogP contribution in [0.25, 0.3) is 33.4 Å². The maximum atomic E-state index is 14.3. The summed E-state index contributed by atoms with van der Waals surface area (Å²) in [5, 5.41) is 14.7. The van der Waals surface area contributed by atoms with Crippen LogP contribution < -0.4 is 10.6 Å². The fourth-order valence-electron chi connectivity index (χ4n) is 9.76. The number of nitrogens with zero attached hydrogens (tertiary/aromatic N) is 9. The van der Waals surface area contributed by atoms with Gasteiger partial charge in [0.05, 0.1) is 67.7 Å². The highest BCUT2D eigenvalue weighted by atomic mass is 32.2. The van der Waals surface area contributed by atoms with E-state index in [1.165, 1.54) is 4.57 Å². The molecule has 1 unspecified atom stereocenters. The Balaban J connectivity index is 0.000000179. The summed E-state index contributed by atoms with van der Waals surface area (Å²) in [6.45, 7) is 4.20. The van der Waals surface area contributed by atoms with Crippen molar-refractivity contribution in [2.75, 3.05) is 29.8 Å². The molecule has 0 spiro atoms. The van der Waals surface area contributed by atoms with Gasteiger partial charge in [-0.1, -0.05) is 12.1 Å². The first-order valence-corrected chi connectivity index (χ1v) is 29.3. The number of sulfone groups is 2. The lowest BCUT2D eigenvalue weighted by molar-refractivity contribution is -0.120. The number of imidazole rings is 1. The van der Waals surface area contributed by atoms with Gasteiger partial charge in [-0.2, -0.15) is 10.2 Å². The van der Waals surface area contributed by atoms with Gasteiger partial charge >= 0.3 is 0 Å². The molecular weight excluding hydrogens is 1050 g/mol. The van der Waals surface area contributed by atoms with E-state index in [-0.39, 0.29) is 92.1 Å². The predicted molar refractivity (Wildman–Crippen MR) is 285 cm³/mol. The van der Waals surface area contributed by atoms with Crippen molar-refractivity contribution < 1.29 is 48.7 Å². The Labute approximate surface area is 447 Å². The number of nitrogens with one attached hydrogen (secondary N) is 2. The zero-order chi connectivity index (χ0) is 55.5. The average molecular weight is 1110 g/mol. The van der Waals surface area contributed by atoms with Gasteiger partial charge in [0.2, 0.25) is 0 Å². The van der Waals surface area contributed by atoms with Crippen molar-refractivity contribution in [3.8, 4) is 22.3 Å². The van der Waals surface area contributed by atoms with E-state index in [1.807, 2.05) is 13.8 Å². The highest BCUT2D eigenvalue weighted by Crippen LogP contribution is 2.42. The molecule has 24 heteroatoms. The van der Waals surface area contributed by atoms with Crippen LogP contribution in [0.2, 0.25) is 0 Å². The third kappa shape index (κ3) is 11.4. The van der Waals surface area contributed by atoms with Gasteiger partial charge in [0.1, 0.15) is 29.0 Å². The number of aromatic nitrogens is 8. The molecule has 11 rings (SSSR count). The minimum absolute atomic E-state index is 0.0116. The van der Waals surface area contributed by atoms with E-state index >= 15 is 0 Å². The summed E-state index contributed by atoms with van der Waals surface area (Å²) in [7, 11) is -3.81. The number of Topliss-reactive ketones (excluding diaryl/α,β-unsaturated/α-hetero) is 2. The fraction of sp³-hybridized carbons (Fsp3) is 0.407. The molecule has 2 aromatic carbocycles. The first-order chi connectivity index (χ1) is 37.0. The molecule has 4 aliphatic rings. The molecule has 2 aliphatic carbocycles. The minimum Gasteiger partial charge on any atom is -0.358 e. The van der Waals surface area contributed by atoms with Gasteiger partial charge in [-0.15, -0.1) is 0 Å². The van der Waals surface area contributed by atoms with Crippen molar-refractivity contribution in [2.45, 2.75) is 107 Å². The van der Waals surface area contributed by atoms with Crippen LogP contribution in [-0.2, 0) is 67.4 Å². The minimum atomic E-state index is -3.73. The second kappa shape index (κ2) is 21.2. The summed E-state index contributed by atoms with van der Waals surface area (Å²) < 4.78 is 118. The molecule has 5 aromatic heterocycles. The van der Waals surface area contributed by atoms with Crippen LogP contribution in [0.3, 0.4) is 0 Å². The van der Waals surface area contributed by atoms with Gasteiger partial charge in [-0.05, 0) is 106 Å². The Hall–Kier alpha value is -7.18. The molecule has 410 valence electrons. The number of hydrogen-bond acceptors (Lipinski definition) is 15. The molecule has 0 radical (unpaired) electrons. The Morgan fingerprint density at radius 2 is 1.21 bits per heavy atom. The zero-order valence-corrected chi connectivity index (χ0v) is 45.3. The second-order valence-corrected chi connectivity index (χ2v) is 24.4. The summed E-state index contributed by atoms with van der Waals surface area (Å²) in [5.41, 5.74) is 7.24. The van der Waals surface area contributed by atoms with Crippen LogP contribution in [0, 0.1) is 25.7 Å². The quantitative estimate of drug-likeness (QED) is 0.0810. The Morgan fingerprint density at radius 1 is 0.679 bits per heavy atom. The number of ketones is 2. The van der Waals surface area contributed by atoms with Crippen LogP contribution in [-0.4, -0.2) is 98.7 Å². The number of hydrogen-bond donors (Lipinski definition) is 2. The molecule has 2 saturated carbocycles. The van der Waals surface area contributed by atoms with E-state index in [1.54, 1.807) is 84.4 Å². The van der Waals surface area contributed by atoms with E-state index in [9.17, 15) is 44.0 Å². The molecule has 1 saturated heterocycles. The van der Waals surface area contributed by atoms with E-state index < -0.39 is 44.6 Å². The van der Waals surface area contributed by atoms with Gasteiger partial charge in [0.25, 0.3) is 12.9 Å². The van der Waals surface area contributed by atoms with Crippen molar-refractivity contribution >= 4 is 76.6 Å². The molecule has 7 aromatic rings. The van der Waals surface area contributed by atoms with Crippen LogP contribution in [0.4, 0.5) is 46.0 Å². The fourth-order valence-corrected chi connectivity index (χ4v) is 11.5. The number of carbonyl (C=O) groups is 2. The lowest BCUT2D eigenvalue weighted by atomic mass is 10.1. The lowest BCUT2D eigenvalue weighted by Crippen LogP contribution is -2.21. The molecule has 0 amide bonds. The first-order valence-electron chi connectivity index (χ1n) is 25.5. The van der Waals surface area contributed by atoms with Crippen LogP contribution >= 0.6 is 0 Å². The predicted octanol–water partition coefficient (Wildman–Crippen LogP) is 9.80. The topological polar surface area (TPSA) is 227 Å². The Bertz CT molecular complexity index is 3800. The molecule has 18 nitrogen and oxygen atoms in total.